The Kier molecular flexibility index (Phi) is 0.934. The van der Waals surface area contributed by atoms with Crippen LogP contribution >= 0.6 is 11.8 Å². The Balaban J connectivity index is 2.05. The van der Waals surface area contributed by atoms with E-state index in [1.165, 1.54) is 0 Å². The van der Waals surface area contributed by atoms with Crippen LogP contribution in [0.4, 0.5) is 0 Å². The maximum Gasteiger partial charge on any atom is 0.0110 e. The molecule has 0 nitrogen and oxygen atoms in total. The summed E-state index contributed by atoms with van der Waals surface area (Å²) in [5.74, 6) is 4.37. The lowest BCUT2D eigenvalue weighted by atomic mass is 9.84. The van der Waals surface area contributed by atoms with Crippen LogP contribution in [0.1, 0.15) is 20.3 Å². The molecule has 56 valence electrons. The Hall–Kier alpha value is 0.350. The Labute approximate surface area is 66.8 Å². The molecule has 4 unspecified atom stereocenters. The molecule has 0 radical (unpaired) electrons. The van der Waals surface area contributed by atoms with Crippen LogP contribution in [0, 0.1) is 23.7 Å². The van der Waals surface area contributed by atoms with Gasteiger partial charge in [0.05, 0.1) is 0 Å². The summed E-state index contributed by atoms with van der Waals surface area (Å²) in [5, 5.41) is 2.15. The van der Waals surface area contributed by atoms with Crippen molar-refractivity contribution < 1.29 is 0 Å². The molecule has 2 aliphatic carbocycles. The van der Waals surface area contributed by atoms with Crippen LogP contribution in [0.3, 0.4) is 0 Å². The van der Waals surface area contributed by atoms with E-state index in [4.69, 9.17) is 0 Å². The minimum absolute atomic E-state index is 1.07. The van der Waals surface area contributed by atoms with Crippen LogP contribution in [0.5, 0.6) is 0 Å². The molecule has 0 amide bonds. The Bertz CT molecular complexity index is 142. The molecule has 2 aliphatic heterocycles. The molecular formula is C9H14S. The molecule has 4 bridgehead atoms. The second-order valence-corrected chi connectivity index (χ2v) is 5.71. The lowest BCUT2D eigenvalue weighted by molar-refractivity contribution is 0.346. The van der Waals surface area contributed by atoms with Gasteiger partial charge in [-0.25, -0.2) is 0 Å². The zero-order valence-corrected chi connectivity index (χ0v) is 7.40. The van der Waals surface area contributed by atoms with E-state index in [1.54, 1.807) is 6.42 Å². The number of hydrogen-bond acceptors (Lipinski definition) is 1. The summed E-state index contributed by atoms with van der Waals surface area (Å²) in [6, 6.07) is 0. The Morgan fingerprint density at radius 3 is 1.70 bits per heavy atom. The number of thioether (sulfide) groups is 1. The fraction of sp³-hybridized carbons (Fsp3) is 1.00. The van der Waals surface area contributed by atoms with E-state index < -0.39 is 0 Å². The van der Waals surface area contributed by atoms with Gasteiger partial charge < -0.3 is 0 Å². The van der Waals surface area contributed by atoms with Crippen molar-refractivity contribution in [1.29, 1.82) is 0 Å². The topological polar surface area (TPSA) is 0 Å². The normalized spacial score (nSPS) is 70.2. The van der Waals surface area contributed by atoms with Crippen LogP contribution in [0.15, 0.2) is 0 Å². The van der Waals surface area contributed by atoms with Crippen molar-refractivity contribution in [1.82, 2.24) is 0 Å². The zero-order valence-electron chi connectivity index (χ0n) is 6.58. The SMILES string of the molecule is CC1C2SC3C(C)[C@@H]2C[C@@H]13. The summed E-state index contributed by atoms with van der Waals surface area (Å²) in [4.78, 5) is 0. The molecule has 0 aromatic rings. The largest absolute Gasteiger partial charge is 0.154 e. The van der Waals surface area contributed by atoms with Crippen LogP contribution in [-0.2, 0) is 0 Å². The molecule has 0 aromatic heterocycles. The summed E-state index contributed by atoms with van der Waals surface area (Å²) in [6.07, 6.45) is 1.57. The highest BCUT2D eigenvalue weighted by Gasteiger charge is 2.62. The van der Waals surface area contributed by atoms with E-state index in [1.807, 2.05) is 0 Å². The summed E-state index contributed by atoms with van der Waals surface area (Å²) in [6.45, 7) is 4.93. The second-order valence-electron chi connectivity index (χ2n) is 4.35. The molecule has 4 fully saturated rings. The van der Waals surface area contributed by atoms with Crippen molar-refractivity contribution in [2.45, 2.75) is 30.8 Å². The molecule has 0 spiro atoms. The Morgan fingerprint density at radius 2 is 1.50 bits per heavy atom. The quantitative estimate of drug-likeness (QED) is 0.516. The lowest BCUT2D eigenvalue weighted by Gasteiger charge is -2.19. The minimum Gasteiger partial charge on any atom is -0.154 e. The number of hydrogen-bond donors (Lipinski definition) is 0. The standard InChI is InChI=1S/C9H14S/c1-4-6-3-7-5(2)9(6)10-8(4)7/h4-9H,3H2,1-2H3/t4?,5?,6-,7-,8?,9?/m0/s1. The molecule has 1 heteroatoms. The fourth-order valence-electron chi connectivity index (χ4n) is 3.51. The van der Waals surface area contributed by atoms with E-state index in [0.29, 0.717) is 0 Å². The van der Waals surface area contributed by atoms with Gasteiger partial charge in [0.2, 0.25) is 0 Å². The monoisotopic (exact) mass is 154 g/mol. The summed E-state index contributed by atoms with van der Waals surface area (Å²) in [7, 11) is 0. The second kappa shape index (κ2) is 1.57. The van der Waals surface area contributed by atoms with Crippen molar-refractivity contribution in [3.63, 3.8) is 0 Å². The average molecular weight is 154 g/mol. The summed E-state index contributed by atoms with van der Waals surface area (Å²) >= 11 is 2.31. The molecule has 0 N–H and O–H groups in total. The fourth-order valence-corrected chi connectivity index (χ4v) is 5.89. The van der Waals surface area contributed by atoms with E-state index in [9.17, 15) is 0 Å². The molecule has 2 heterocycles. The third-order valence-corrected chi connectivity index (χ3v) is 6.28. The van der Waals surface area contributed by atoms with E-state index in [-0.39, 0.29) is 0 Å². The van der Waals surface area contributed by atoms with Crippen molar-refractivity contribution in [3.8, 4) is 0 Å². The first-order valence-electron chi connectivity index (χ1n) is 4.44. The maximum absolute atomic E-state index is 2.47. The average Bonchev–Trinajstić information content (AvgIpc) is 2.55. The van der Waals surface area contributed by atoms with Crippen molar-refractivity contribution in [3.05, 3.63) is 0 Å². The highest BCUT2D eigenvalue weighted by molar-refractivity contribution is 8.01. The summed E-state index contributed by atoms with van der Waals surface area (Å²) < 4.78 is 0. The highest BCUT2D eigenvalue weighted by Crippen LogP contribution is 2.67. The molecule has 2 saturated heterocycles. The van der Waals surface area contributed by atoms with Gasteiger partial charge in [-0.15, -0.1) is 0 Å². The van der Waals surface area contributed by atoms with Gasteiger partial charge >= 0.3 is 0 Å². The molecular weight excluding hydrogens is 140 g/mol. The van der Waals surface area contributed by atoms with Gasteiger partial charge in [0.1, 0.15) is 0 Å². The highest BCUT2D eigenvalue weighted by atomic mass is 32.2. The van der Waals surface area contributed by atoms with Crippen molar-refractivity contribution in [2.75, 3.05) is 0 Å². The van der Waals surface area contributed by atoms with Crippen molar-refractivity contribution in [2.24, 2.45) is 23.7 Å². The molecule has 2 saturated carbocycles. The van der Waals surface area contributed by atoms with Crippen LogP contribution in [0.2, 0.25) is 0 Å². The van der Waals surface area contributed by atoms with Gasteiger partial charge in [-0.2, -0.15) is 11.8 Å². The molecule has 10 heavy (non-hydrogen) atoms. The van der Waals surface area contributed by atoms with E-state index in [0.717, 1.165) is 34.2 Å². The smallest absolute Gasteiger partial charge is 0.0110 e. The van der Waals surface area contributed by atoms with E-state index >= 15 is 0 Å². The summed E-state index contributed by atoms with van der Waals surface area (Å²) in [5.41, 5.74) is 0. The molecule has 0 aromatic carbocycles. The Morgan fingerprint density at radius 1 is 1.00 bits per heavy atom. The van der Waals surface area contributed by atoms with Crippen LogP contribution in [0.25, 0.3) is 0 Å². The molecule has 6 atom stereocenters. The van der Waals surface area contributed by atoms with Gasteiger partial charge in [0, 0.05) is 10.5 Å². The van der Waals surface area contributed by atoms with Gasteiger partial charge in [-0.05, 0) is 30.1 Å². The molecule has 4 aliphatic rings. The first-order chi connectivity index (χ1) is 4.79. The minimum atomic E-state index is 1.07. The van der Waals surface area contributed by atoms with Gasteiger partial charge in [0.15, 0.2) is 0 Å². The predicted molar refractivity (Wildman–Crippen MR) is 45.1 cm³/mol. The van der Waals surface area contributed by atoms with Gasteiger partial charge in [0.25, 0.3) is 0 Å². The number of rotatable bonds is 0. The lowest BCUT2D eigenvalue weighted by Crippen LogP contribution is -2.22. The first-order valence-corrected chi connectivity index (χ1v) is 5.39. The zero-order chi connectivity index (χ0) is 6.88. The van der Waals surface area contributed by atoms with Gasteiger partial charge in [-0.1, -0.05) is 13.8 Å². The van der Waals surface area contributed by atoms with Crippen LogP contribution in [-0.4, -0.2) is 10.5 Å². The first kappa shape index (κ1) is 5.93. The molecule has 4 rings (SSSR count). The van der Waals surface area contributed by atoms with Crippen LogP contribution < -0.4 is 0 Å². The van der Waals surface area contributed by atoms with Gasteiger partial charge in [-0.3, -0.25) is 0 Å². The third-order valence-electron chi connectivity index (χ3n) is 4.09. The van der Waals surface area contributed by atoms with Crippen molar-refractivity contribution >= 4 is 11.8 Å². The predicted octanol–water partition coefficient (Wildman–Crippen LogP) is 2.39. The van der Waals surface area contributed by atoms with E-state index in [2.05, 4.69) is 25.6 Å². The maximum atomic E-state index is 2.47. The third kappa shape index (κ3) is 0.431.